The Morgan fingerprint density at radius 3 is 2.59 bits per heavy atom. The first-order chi connectivity index (χ1) is 10.6. The number of anilines is 1. The second-order valence-corrected chi connectivity index (χ2v) is 4.82. The number of halogens is 2. The fraction of sp³-hybridized carbons (Fsp3) is 0.125. The van der Waals surface area contributed by atoms with E-state index in [2.05, 4.69) is 15.5 Å². The van der Waals surface area contributed by atoms with Crippen LogP contribution in [0.15, 0.2) is 53.1 Å². The van der Waals surface area contributed by atoms with Gasteiger partial charge in [-0.2, -0.15) is 4.98 Å². The van der Waals surface area contributed by atoms with Gasteiger partial charge in [-0.1, -0.05) is 24.3 Å². The molecule has 1 N–H and O–H groups in total. The zero-order valence-electron chi connectivity index (χ0n) is 11.8. The summed E-state index contributed by atoms with van der Waals surface area (Å²) in [6.45, 7) is 1.73. The molecule has 1 aromatic heterocycles. The predicted octanol–water partition coefficient (Wildman–Crippen LogP) is 4.19. The van der Waals surface area contributed by atoms with E-state index in [1.54, 1.807) is 6.92 Å². The minimum atomic E-state index is -0.619. The molecule has 22 heavy (non-hydrogen) atoms. The first kappa shape index (κ1) is 14.2. The molecule has 0 amide bonds. The highest BCUT2D eigenvalue weighted by Crippen LogP contribution is 2.23. The van der Waals surface area contributed by atoms with Crippen LogP contribution in [0.3, 0.4) is 0 Å². The van der Waals surface area contributed by atoms with Crippen molar-refractivity contribution in [1.29, 1.82) is 0 Å². The summed E-state index contributed by atoms with van der Waals surface area (Å²) in [6.07, 6.45) is 0. The predicted molar refractivity (Wildman–Crippen MR) is 78.1 cm³/mol. The number of nitrogens with one attached hydrogen (secondary N) is 1. The van der Waals surface area contributed by atoms with Crippen LogP contribution < -0.4 is 5.32 Å². The zero-order valence-corrected chi connectivity index (χ0v) is 11.8. The summed E-state index contributed by atoms with van der Waals surface area (Å²) in [4.78, 5) is 4.21. The van der Waals surface area contributed by atoms with Crippen molar-refractivity contribution in [3.8, 4) is 11.5 Å². The Labute approximate surface area is 125 Å². The maximum Gasteiger partial charge on any atom is 0.264 e. The topological polar surface area (TPSA) is 51.0 Å². The molecule has 3 rings (SSSR count). The quantitative estimate of drug-likeness (QED) is 0.785. The van der Waals surface area contributed by atoms with E-state index in [9.17, 15) is 8.78 Å². The Morgan fingerprint density at radius 1 is 1.09 bits per heavy atom. The third kappa shape index (κ3) is 2.95. The van der Waals surface area contributed by atoms with Crippen LogP contribution in [-0.4, -0.2) is 10.1 Å². The number of rotatable bonds is 4. The van der Waals surface area contributed by atoms with Crippen LogP contribution in [-0.2, 0) is 0 Å². The zero-order chi connectivity index (χ0) is 15.5. The fourth-order valence-corrected chi connectivity index (χ4v) is 2.10. The minimum Gasteiger partial charge on any atom is -0.345 e. The summed E-state index contributed by atoms with van der Waals surface area (Å²) in [7, 11) is 0. The molecule has 3 aromatic rings. The van der Waals surface area contributed by atoms with Crippen LogP contribution >= 0.6 is 0 Å². The van der Waals surface area contributed by atoms with Gasteiger partial charge in [-0.05, 0) is 30.3 Å². The molecule has 0 spiro atoms. The van der Waals surface area contributed by atoms with Crippen molar-refractivity contribution in [2.24, 2.45) is 0 Å². The first-order valence-electron chi connectivity index (χ1n) is 6.74. The lowest BCUT2D eigenvalue weighted by Crippen LogP contribution is -2.09. The normalized spacial score (nSPS) is 12.1. The molecule has 0 saturated carbocycles. The molecule has 6 heteroatoms. The fourth-order valence-electron chi connectivity index (χ4n) is 2.10. The lowest BCUT2D eigenvalue weighted by atomic mass is 10.1. The molecular weight excluding hydrogens is 288 g/mol. The van der Waals surface area contributed by atoms with Crippen molar-refractivity contribution in [3.05, 3.63) is 65.7 Å². The largest absolute Gasteiger partial charge is 0.345 e. The maximum atomic E-state index is 13.7. The average Bonchev–Trinajstić information content (AvgIpc) is 2.96. The van der Waals surface area contributed by atoms with Gasteiger partial charge in [-0.25, -0.2) is 8.78 Å². The Hall–Kier alpha value is -2.76. The van der Waals surface area contributed by atoms with E-state index in [1.807, 2.05) is 30.3 Å². The van der Waals surface area contributed by atoms with Gasteiger partial charge in [0.2, 0.25) is 0 Å². The Kier molecular flexibility index (Phi) is 3.82. The van der Waals surface area contributed by atoms with Gasteiger partial charge in [0.05, 0.1) is 6.04 Å². The van der Waals surface area contributed by atoms with Crippen LogP contribution in [0.1, 0.15) is 18.5 Å². The molecule has 112 valence electrons. The van der Waals surface area contributed by atoms with Crippen molar-refractivity contribution >= 4 is 5.95 Å². The molecule has 1 unspecified atom stereocenters. The van der Waals surface area contributed by atoms with Crippen LogP contribution in [0.2, 0.25) is 0 Å². The highest BCUT2D eigenvalue weighted by Gasteiger charge is 2.15. The molecule has 0 bridgehead atoms. The Balaban J connectivity index is 1.77. The maximum absolute atomic E-state index is 13.7. The molecule has 0 fully saturated rings. The van der Waals surface area contributed by atoms with Gasteiger partial charge in [0, 0.05) is 17.2 Å². The Bertz CT molecular complexity index is 774. The molecule has 0 saturated heterocycles. The lowest BCUT2D eigenvalue weighted by molar-refractivity contribution is 0.431. The van der Waals surface area contributed by atoms with Gasteiger partial charge in [-0.3, -0.25) is 0 Å². The van der Waals surface area contributed by atoms with Gasteiger partial charge in [0.15, 0.2) is 0 Å². The van der Waals surface area contributed by atoms with E-state index >= 15 is 0 Å². The lowest BCUT2D eigenvalue weighted by Gasteiger charge is -2.13. The van der Waals surface area contributed by atoms with E-state index in [1.165, 1.54) is 12.1 Å². The highest BCUT2D eigenvalue weighted by atomic mass is 19.1. The summed E-state index contributed by atoms with van der Waals surface area (Å²) in [5, 5.41) is 6.74. The SMILES string of the molecule is CC(Nc1noc(-c2ccccc2)n1)c1ccc(F)cc1F. The Morgan fingerprint density at radius 2 is 1.86 bits per heavy atom. The number of aromatic nitrogens is 2. The number of nitrogens with zero attached hydrogens (tertiary/aromatic N) is 2. The summed E-state index contributed by atoms with van der Waals surface area (Å²) in [6, 6.07) is 12.3. The van der Waals surface area contributed by atoms with Crippen molar-refractivity contribution in [1.82, 2.24) is 10.1 Å². The van der Waals surface area contributed by atoms with Crippen LogP contribution in [0, 0.1) is 11.6 Å². The standard InChI is InChI=1S/C16H13F2N3O/c1-10(13-8-7-12(17)9-14(13)18)19-16-20-15(22-21-16)11-5-3-2-4-6-11/h2-10H,1H3,(H,19,21). The highest BCUT2D eigenvalue weighted by molar-refractivity contribution is 5.53. The van der Waals surface area contributed by atoms with Gasteiger partial charge >= 0.3 is 0 Å². The summed E-state index contributed by atoms with van der Waals surface area (Å²) >= 11 is 0. The number of hydrogen-bond acceptors (Lipinski definition) is 4. The molecule has 2 aromatic carbocycles. The smallest absolute Gasteiger partial charge is 0.264 e. The minimum absolute atomic E-state index is 0.245. The van der Waals surface area contributed by atoms with Gasteiger partial charge < -0.3 is 9.84 Å². The summed E-state index contributed by atoms with van der Waals surface area (Å²) in [5.41, 5.74) is 1.12. The van der Waals surface area contributed by atoms with Crippen molar-refractivity contribution in [3.63, 3.8) is 0 Å². The summed E-state index contributed by atoms with van der Waals surface area (Å²) in [5.74, 6) is -0.615. The molecule has 0 radical (unpaired) electrons. The molecule has 1 heterocycles. The number of hydrogen-bond donors (Lipinski definition) is 1. The second kappa shape index (κ2) is 5.93. The molecular formula is C16H13F2N3O. The third-order valence-electron chi connectivity index (χ3n) is 3.22. The molecule has 4 nitrogen and oxygen atoms in total. The summed E-state index contributed by atoms with van der Waals surface area (Å²) < 4.78 is 31.8. The van der Waals surface area contributed by atoms with Crippen LogP contribution in [0.4, 0.5) is 14.7 Å². The third-order valence-corrected chi connectivity index (χ3v) is 3.22. The molecule has 0 aliphatic carbocycles. The van der Waals surface area contributed by atoms with Crippen LogP contribution in [0.5, 0.6) is 0 Å². The first-order valence-corrected chi connectivity index (χ1v) is 6.74. The van der Waals surface area contributed by atoms with Crippen LogP contribution in [0.25, 0.3) is 11.5 Å². The van der Waals surface area contributed by atoms with E-state index < -0.39 is 17.7 Å². The van der Waals surface area contributed by atoms with E-state index in [-0.39, 0.29) is 5.95 Å². The van der Waals surface area contributed by atoms with E-state index in [0.717, 1.165) is 11.6 Å². The van der Waals surface area contributed by atoms with Gasteiger partial charge in [-0.15, -0.1) is 0 Å². The second-order valence-electron chi connectivity index (χ2n) is 4.82. The van der Waals surface area contributed by atoms with Gasteiger partial charge in [0.25, 0.3) is 11.8 Å². The van der Waals surface area contributed by atoms with Crippen molar-refractivity contribution < 1.29 is 13.3 Å². The van der Waals surface area contributed by atoms with Crippen molar-refractivity contribution in [2.75, 3.05) is 5.32 Å². The number of benzene rings is 2. The van der Waals surface area contributed by atoms with Gasteiger partial charge in [0.1, 0.15) is 11.6 Å². The molecule has 1 atom stereocenters. The van der Waals surface area contributed by atoms with E-state index in [4.69, 9.17) is 4.52 Å². The van der Waals surface area contributed by atoms with Crippen molar-refractivity contribution in [2.45, 2.75) is 13.0 Å². The average molecular weight is 301 g/mol. The molecule has 0 aliphatic heterocycles. The van der Waals surface area contributed by atoms with E-state index in [0.29, 0.717) is 11.5 Å². The molecule has 0 aliphatic rings. The monoisotopic (exact) mass is 301 g/mol.